The molecule has 3 unspecified atom stereocenters. The molecule has 1 aliphatic carbocycles. The molecule has 1 fully saturated rings. The van der Waals surface area contributed by atoms with Crippen LogP contribution in [0.3, 0.4) is 0 Å². The van der Waals surface area contributed by atoms with E-state index in [0.717, 1.165) is 5.56 Å². The monoisotopic (exact) mass is 341 g/mol. The number of rotatable bonds is 7. The van der Waals surface area contributed by atoms with Crippen molar-refractivity contribution in [3.8, 4) is 11.5 Å². The van der Waals surface area contributed by atoms with Crippen LogP contribution in [0.4, 0.5) is 0 Å². The van der Waals surface area contributed by atoms with E-state index < -0.39 is 20.5 Å². The van der Waals surface area contributed by atoms with Crippen LogP contribution in [-0.4, -0.2) is 46.0 Å². The molecule has 2 N–H and O–H groups in total. The van der Waals surface area contributed by atoms with E-state index in [2.05, 4.69) is 0 Å². The first-order chi connectivity index (χ1) is 11.0. The largest absolute Gasteiger partial charge is 0.454 e. The molecule has 2 aliphatic rings. The van der Waals surface area contributed by atoms with Crippen molar-refractivity contribution in [2.75, 3.05) is 32.3 Å². The average Bonchev–Trinajstić information content (AvgIpc) is 3.01. The van der Waals surface area contributed by atoms with Crippen molar-refractivity contribution in [3.05, 3.63) is 23.8 Å². The van der Waals surface area contributed by atoms with Crippen LogP contribution in [-0.2, 0) is 14.6 Å². The fourth-order valence-electron chi connectivity index (χ4n) is 3.58. The van der Waals surface area contributed by atoms with Gasteiger partial charge in [-0.25, -0.2) is 8.42 Å². The Kier molecular flexibility index (Phi) is 4.29. The normalized spacial score (nSPS) is 28.8. The molecule has 23 heavy (non-hydrogen) atoms. The quantitative estimate of drug-likeness (QED) is 0.804. The number of ether oxygens (including phenoxy) is 3. The minimum Gasteiger partial charge on any atom is -0.454 e. The summed E-state index contributed by atoms with van der Waals surface area (Å²) in [6, 6.07) is 5.60. The first kappa shape index (κ1) is 16.5. The van der Waals surface area contributed by atoms with E-state index in [9.17, 15) is 8.42 Å². The summed E-state index contributed by atoms with van der Waals surface area (Å²) >= 11 is 0. The van der Waals surface area contributed by atoms with Crippen LogP contribution in [0.5, 0.6) is 11.5 Å². The molecule has 1 aliphatic heterocycles. The van der Waals surface area contributed by atoms with Crippen LogP contribution < -0.4 is 15.2 Å². The van der Waals surface area contributed by atoms with Gasteiger partial charge < -0.3 is 19.9 Å². The van der Waals surface area contributed by atoms with Crippen LogP contribution in [0.2, 0.25) is 0 Å². The van der Waals surface area contributed by atoms with Gasteiger partial charge in [0.2, 0.25) is 6.79 Å². The molecule has 3 rings (SSSR count). The van der Waals surface area contributed by atoms with Crippen LogP contribution in [0.25, 0.3) is 0 Å². The molecule has 0 saturated heterocycles. The van der Waals surface area contributed by atoms with Gasteiger partial charge in [-0.15, -0.1) is 0 Å². The fraction of sp³-hybridized carbons (Fsp3) is 0.625. The van der Waals surface area contributed by atoms with Gasteiger partial charge in [-0.2, -0.15) is 0 Å². The molecule has 1 heterocycles. The van der Waals surface area contributed by atoms with Crippen molar-refractivity contribution >= 4 is 9.84 Å². The van der Waals surface area contributed by atoms with Gasteiger partial charge in [0.25, 0.3) is 0 Å². The molecule has 6 nitrogen and oxygen atoms in total. The average molecular weight is 341 g/mol. The molecule has 0 spiro atoms. The van der Waals surface area contributed by atoms with E-state index in [0.29, 0.717) is 24.7 Å². The highest BCUT2D eigenvalue weighted by Crippen LogP contribution is 2.63. The minimum atomic E-state index is -3.22. The Morgan fingerprint density at radius 1 is 1.30 bits per heavy atom. The van der Waals surface area contributed by atoms with Crippen molar-refractivity contribution in [3.63, 3.8) is 0 Å². The molecule has 1 saturated carbocycles. The van der Waals surface area contributed by atoms with Gasteiger partial charge >= 0.3 is 0 Å². The zero-order valence-corrected chi connectivity index (χ0v) is 14.3. The van der Waals surface area contributed by atoms with E-state index in [1.807, 2.05) is 25.1 Å². The molecular formula is C16H23NO5S. The minimum absolute atomic E-state index is 0.104. The second kappa shape index (κ2) is 5.96. The molecule has 3 atom stereocenters. The highest BCUT2D eigenvalue weighted by Gasteiger charge is 2.69. The predicted molar refractivity (Wildman–Crippen MR) is 86.5 cm³/mol. The zero-order chi connectivity index (χ0) is 16.7. The summed E-state index contributed by atoms with van der Waals surface area (Å²) in [5.74, 6) is 1.28. The summed E-state index contributed by atoms with van der Waals surface area (Å²) in [6.07, 6.45) is 0. The first-order valence-electron chi connectivity index (χ1n) is 7.89. The number of hydrogen-bond donors (Lipinski definition) is 1. The van der Waals surface area contributed by atoms with Gasteiger partial charge in [0.15, 0.2) is 21.3 Å². The summed E-state index contributed by atoms with van der Waals surface area (Å²) in [5.41, 5.74) is 6.35. The molecule has 1 aromatic carbocycles. The fourth-order valence-corrected chi connectivity index (χ4v) is 5.73. The smallest absolute Gasteiger partial charge is 0.231 e. The Hall–Kier alpha value is -1.31. The Labute approximate surface area is 136 Å². The molecular weight excluding hydrogens is 318 g/mol. The Morgan fingerprint density at radius 2 is 2.04 bits per heavy atom. The summed E-state index contributed by atoms with van der Waals surface area (Å²) in [5, 5.41) is -0.503. The highest BCUT2D eigenvalue weighted by atomic mass is 32.2. The topological polar surface area (TPSA) is 87.8 Å². The van der Waals surface area contributed by atoms with Crippen LogP contribution in [0, 0.1) is 5.41 Å². The van der Waals surface area contributed by atoms with Crippen LogP contribution >= 0.6 is 0 Å². The maximum atomic E-state index is 12.5. The summed E-state index contributed by atoms with van der Waals surface area (Å²) in [4.78, 5) is 0. The van der Waals surface area contributed by atoms with Gasteiger partial charge in [-0.05, 0) is 24.6 Å². The summed E-state index contributed by atoms with van der Waals surface area (Å²) < 4.78 is 41.4. The molecule has 0 aromatic heterocycles. The lowest BCUT2D eigenvalue weighted by molar-refractivity contribution is 0.101. The molecule has 0 amide bonds. The number of sulfone groups is 1. The van der Waals surface area contributed by atoms with Crippen molar-refractivity contribution in [1.82, 2.24) is 0 Å². The van der Waals surface area contributed by atoms with E-state index in [1.54, 1.807) is 6.92 Å². The second-order valence-electron chi connectivity index (χ2n) is 6.04. The maximum absolute atomic E-state index is 12.5. The van der Waals surface area contributed by atoms with Gasteiger partial charge in [0, 0.05) is 30.2 Å². The number of fused-ring (bicyclic) bond motifs is 1. The van der Waals surface area contributed by atoms with E-state index in [4.69, 9.17) is 19.9 Å². The standard InChI is InChI=1S/C16H23NO5S/c1-3-20-9-16(8-17)14(15(16)23(18,19)4-2)11-5-6-12-13(7-11)22-10-21-12/h5-7,14-15H,3-4,8-10,17H2,1-2H3. The van der Waals surface area contributed by atoms with Gasteiger partial charge in [0.05, 0.1) is 11.9 Å². The van der Waals surface area contributed by atoms with Crippen molar-refractivity contribution in [2.45, 2.75) is 25.0 Å². The number of hydrogen-bond acceptors (Lipinski definition) is 6. The van der Waals surface area contributed by atoms with E-state index in [1.165, 1.54) is 0 Å². The lowest BCUT2D eigenvalue weighted by atomic mass is 9.99. The summed E-state index contributed by atoms with van der Waals surface area (Å²) in [7, 11) is -3.22. The second-order valence-corrected chi connectivity index (χ2v) is 8.45. The van der Waals surface area contributed by atoms with Crippen molar-refractivity contribution in [1.29, 1.82) is 0 Å². The van der Waals surface area contributed by atoms with Crippen LogP contribution in [0.1, 0.15) is 25.3 Å². The third-order valence-corrected chi connectivity index (χ3v) is 7.20. The molecule has 7 heteroatoms. The van der Waals surface area contributed by atoms with E-state index in [-0.39, 0.29) is 25.0 Å². The van der Waals surface area contributed by atoms with Gasteiger partial charge in [0.1, 0.15) is 0 Å². The lowest BCUT2D eigenvalue weighted by Crippen LogP contribution is -2.29. The maximum Gasteiger partial charge on any atom is 0.231 e. The van der Waals surface area contributed by atoms with Gasteiger partial charge in [-0.1, -0.05) is 13.0 Å². The Morgan fingerprint density at radius 3 is 2.70 bits per heavy atom. The summed E-state index contributed by atoms with van der Waals surface area (Å²) in [6.45, 7) is 4.92. The van der Waals surface area contributed by atoms with E-state index >= 15 is 0 Å². The Bertz CT molecular complexity index is 690. The molecule has 1 aromatic rings. The zero-order valence-electron chi connectivity index (χ0n) is 13.4. The Balaban J connectivity index is 1.98. The SMILES string of the molecule is CCOCC1(CN)C(c2ccc3c(c2)OCO3)C1S(=O)(=O)CC. The molecule has 0 radical (unpaired) electrons. The van der Waals surface area contributed by atoms with Gasteiger partial charge in [-0.3, -0.25) is 0 Å². The third-order valence-electron chi connectivity index (χ3n) is 4.88. The number of benzene rings is 1. The third kappa shape index (κ3) is 2.60. The lowest BCUT2D eigenvalue weighted by Gasteiger charge is -2.15. The molecule has 128 valence electrons. The predicted octanol–water partition coefficient (Wildman–Crippen LogP) is 1.30. The van der Waals surface area contributed by atoms with Crippen molar-refractivity contribution < 1.29 is 22.6 Å². The molecule has 0 bridgehead atoms. The van der Waals surface area contributed by atoms with Crippen molar-refractivity contribution in [2.24, 2.45) is 11.1 Å². The number of nitrogens with two attached hydrogens (primary N) is 1. The highest BCUT2D eigenvalue weighted by molar-refractivity contribution is 7.92. The van der Waals surface area contributed by atoms with Crippen LogP contribution in [0.15, 0.2) is 18.2 Å². The first-order valence-corrected chi connectivity index (χ1v) is 9.60.